The highest BCUT2D eigenvalue weighted by molar-refractivity contribution is 6.04. The van der Waals surface area contributed by atoms with Crippen molar-refractivity contribution < 1.29 is 32.7 Å². The number of nitrogens with one attached hydrogen (secondary N) is 2. The summed E-state index contributed by atoms with van der Waals surface area (Å²) in [6.07, 6.45) is 3.10. The van der Waals surface area contributed by atoms with Crippen molar-refractivity contribution in [1.82, 2.24) is 34.1 Å². The van der Waals surface area contributed by atoms with Gasteiger partial charge >= 0.3 is 11.9 Å². The molecular weight excluding hydrogens is 766 g/mol. The molecule has 3 amide bonds. The maximum atomic E-state index is 13.2. The molecule has 1 unspecified atom stereocenters. The van der Waals surface area contributed by atoms with E-state index in [0.29, 0.717) is 40.0 Å². The number of fused-ring (bicyclic) bond motifs is 2. The molecule has 13 nitrogen and oxygen atoms in total. The van der Waals surface area contributed by atoms with Crippen LogP contribution in [-0.4, -0.2) is 71.8 Å². The summed E-state index contributed by atoms with van der Waals surface area (Å²) in [5.41, 5.74) is -0.0237. The molecule has 5 aromatic rings. The van der Waals surface area contributed by atoms with Crippen molar-refractivity contribution in [1.29, 1.82) is 0 Å². The zero-order chi connectivity index (χ0) is 42.2. The standard InChI is InChI=1S/C43H47F3N8O5/c1-42(2,59)30-23-32-28(22-33(30)48-39(56)31-12-9-14-36(47-31)43(44,45)46)25-53(50-32)29-17-15-26(16-18-29)24-51(3)21-7-5-6-10-27-11-8-13-34-38(27)52(4)41(58)54(34)35-19-20-37(55)49-40(35)57/h8-9,11-14,22-23,25-26,29,35,59H,5,7,15-21,24H2,1-4H3,(H,48,56)(H,49,55,57). The average Bonchev–Trinajstić information content (AvgIpc) is 3.71. The Morgan fingerprint density at radius 2 is 1.80 bits per heavy atom. The summed E-state index contributed by atoms with van der Waals surface area (Å²) in [6.45, 7) is 4.96. The lowest BCUT2D eigenvalue weighted by molar-refractivity contribution is -0.141. The third kappa shape index (κ3) is 8.96. The summed E-state index contributed by atoms with van der Waals surface area (Å²) in [7, 11) is 3.79. The van der Waals surface area contributed by atoms with Gasteiger partial charge in [0, 0.05) is 49.3 Å². The van der Waals surface area contributed by atoms with Crippen molar-refractivity contribution in [2.45, 2.75) is 89.1 Å². The van der Waals surface area contributed by atoms with Crippen molar-refractivity contribution in [2.24, 2.45) is 13.0 Å². The van der Waals surface area contributed by atoms with Gasteiger partial charge in [-0.1, -0.05) is 24.0 Å². The number of anilines is 1. The number of benzene rings is 2. The summed E-state index contributed by atoms with van der Waals surface area (Å²) in [6, 6.07) is 11.4. The van der Waals surface area contributed by atoms with Crippen molar-refractivity contribution in [3.05, 3.63) is 87.7 Å². The van der Waals surface area contributed by atoms with E-state index >= 15 is 0 Å². The molecule has 310 valence electrons. The van der Waals surface area contributed by atoms with Gasteiger partial charge in [-0.25, -0.2) is 9.78 Å². The van der Waals surface area contributed by atoms with Gasteiger partial charge in [0.2, 0.25) is 11.8 Å². The van der Waals surface area contributed by atoms with E-state index in [4.69, 9.17) is 5.10 Å². The van der Waals surface area contributed by atoms with Crippen LogP contribution in [-0.2, 0) is 28.4 Å². The van der Waals surface area contributed by atoms with E-state index in [-0.39, 0.29) is 36.2 Å². The van der Waals surface area contributed by atoms with Gasteiger partial charge in [-0.05, 0) is 108 Å². The second-order valence-electron chi connectivity index (χ2n) is 16.2. The van der Waals surface area contributed by atoms with Crippen LogP contribution in [0.1, 0.15) is 105 Å². The molecule has 0 radical (unpaired) electrons. The number of carbonyl (C=O) groups is 3. The molecule has 2 aromatic carbocycles. The number of hydrogen-bond acceptors (Lipinski definition) is 8. The van der Waals surface area contributed by atoms with Crippen molar-refractivity contribution in [2.75, 3.05) is 25.5 Å². The summed E-state index contributed by atoms with van der Waals surface area (Å²) in [5.74, 6) is 5.39. The van der Waals surface area contributed by atoms with E-state index in [0.717, 1.165) is 62.7 Å². The van der Waals surface area contributed by atoms with E-state index in [9.17, 15) is 37.5 Å². The predicted octanol–water partition coefficient (Wildman–Crippen LogP) is 6.06. The Kier molecular flexibility index (Phi) is 11.5. The van der Waals surface area contributed by atoms with Crippen LogP contribution < -0.4 is 16.3 Å². The van der Waals surface area contributed by atoms with E-state index in [1.165, 1.54) is 15.2 Å². The SMILES string of the molecule is CN(CCCC#Cc1cccc2c1n(C)c(=O)n2C1CCC(=O)NC1=O)CC1CCC(n2cc3cc(NC(=O)c4cccc(C(F)(F)F)n4)c(C(C)(C)O)cc3n2)CC1. The largest absolute Gasteiger partial charge is 0.433 e. The van der Waals surface area contributed by atoms with Crippen LogP contribution in [0.3, 0.4) is 0 Å². The summed E-state index contributed by atoms with van der Waals surface area (Å²) in [4.78, 5) is 56.4. The minimum absolute atomic E-state index is 0.169. The minimum atomic E-state index is -4.70. The molecule has 1 saturated carbocycles. The molecule has 3 N–H and O–H groups in total. The molecule has 2 aliphatic rings. The second-order valence-corrected chi connectivity index (χ2v) is 16.2. The Hall–Kier alpha value is -5.79. The molecule has 1 saturated heterocycles. The fourth-order valence-electron chi connectivity index (χ4n) is 8.28. The smallest absolute Gasteiger partial charge is 0.386 e. The maximum Gasteiger partial charge on any atom is 0.433 e. The Morgan fingerprint density at radius 3 is 2.51 bits per heavy atom. The van der Waals surface area contributed by atoms with Crippen molar-refractivity contribution in [3.8, 4) is 11.8 Å². The van der Waals surface area contributed by atoms with Crippen LogP contribution in [0, 0.1) is 17.8 Å². The number of para-hydroxylation sites is 1. The highest BCUT2D eigenvalue weighted by Crippen LogP contribution is 2.36. The first-order valence-electron chi connectivity index (χ1n) is 19.8. The number of aliphatic hydroxyl groups is 1. The number of unbranched alkanes of at least 4 members (excludes halogenated alkanes) is 1. The molecule has 1 atom stereocenters. The number of halogens is 3. The van der Waals surface area contributed by atoms with Crippen molar-refractivity contribution in [3.63, 3.8) is 0 Å². The molecule has 16 heteroatoms. The zero-order valence-electron chi connectivity index (χ0n) is 33.4. The van der Waals surface area contributed by atoms with Crippen LogP contribution in [0.2, 0.25) is 0 Å². The van der Waals surface area contributed by atoms with Gasteiger partial charge in [0.05, 0.1) is 33.8 Å². The Morgan fingerprint density at radius 1 is 1.05 bits per heavy atom. The van der Waals surface area contributed by atoms with E-state index in [1.807, 2.05) is 23.0 Å². The number of aromatic nitrogens is 5. The van der Waals surface area contributed by atoms with E-state index in [1.54, 1.807) is 39.1 Å². The number of rotatable bonds is 10. The lowest BCUT2D eigenvalue weighted by atomic mass is 9.86. The van der Waals surface area contributed by atoms with Crippen molar-refractivity contribution >= 4 is 45.3 Å². The molecular formula is C43H47F3N8O5. The highest BCUT2D eigenvalue weighted by Gasteiger charge is 2.34. The second kappa shape index (κ2) is 16.5. The van der Waals surface area contributed by atoms with Gasteiger partial charge in [-0.2, -0.15) is 18.3 Å². The fraction of sp³-hybridized carbons (Fsp3) is 0.442. The van der Waals surface area contributed by atoms with E-state index < -0.39 is 41.0 Å². The number of amides is 3. The first-order valence-corrected chi connectivity index (χ1v) is 19.8. The number of pyridine rings is 1. The third-order valence-corrected chi connectivity index (χ3v) is 11.3. The first kappa shape index (κ1) is 41.4. The number of hydrogen-bond donors (Lipinski definition) is 3. The molecule has 0 bridgehead atoms. The molecule has 1 aliphatic heterocycles. The Balaban J connectivity index is 0.930. The van der Waals surface area contributed by atoms with Gasteiger partial charge < -0.3 is 15.3 Å². The van der Waals surface area contributed by atoms with Crippen LogP contribution in [0.5, 0.6) is 0 Å². The molecule has 4 heterocycles. The van der Waals surface area contributed by atoms with Crippen LogP contribution in [0.15, 0.2) is 59.5 Å². The minimum Gasteiger partial charge on any atom is -0.386 e. The van der Waals surface area contributed by atoms with Gasteiger partial charge in [0.15, 0.2) is 0 Å². The van der Waals surface area contributed by atoms with Gasteiger partial charge in [-0.15, -0.1) is 0 Å². The lowest BCUT2D eigenvalue weighted by Gasteiger charge is -2.31. The number of alkyl halides is 3. The number of aryl methyl sites for hydroxylation is 1. The number of nitrogens with zero attached hydrogens (tertiary/aromatic N) is 6. The quantitative estimate of drug-likeness (QED) is 0.0874. The summed E-state index contributed by atoms with van der Waals surface area (Å²) < 4.78 is 44.6. The van der Waals surface area contributed by atoms with Crippen LogP contribution >= 0.6 is 0 Å². The number of piperidine rings is 1. The number of imidazole rings is 1. The first-order chi connectivity index (χ1) is 28.0. The number of imide groups is 1. The summed E-state index contributed by atoms with van der Waals surface area (Å²) >= 11 is 0. The molecule has 1 aliphatic carbocycles. The monoisotopic (exact) mass is 812 g/mol. The molecule has 0 spiro atoms. The van der Waals surface area contributed by atoms with Gasteiger partial charge in [-0.3, -0.25) is 33.5 Å². The highest BCUT2D eigenvalue weighted by atomic mass is 19.4. The van der Waals surface area contributed by atoms with Gasteiger partial charge in [0.1, 0.15) is 17.4 Å². The van der Waals surface area contributed by atoms with Crippen LogP contribution in [0.4, 0.5) is 18.9 Å². The third-order valence-electron chi connectivity index (χ3n) is 11.3. The Bertz CT molecular complexity index is 2550. The number of carbonyl (C=O) groups excluding carboxylic acids is 3. The normalized spacial score (nSPS) is 18.9. The molecule has 2 fully saturated rings. The lowest BCUT2D eigenvalue weighted by Crippen LogP contribution is -2.44. The molecule has 3 aromatic heterocycles. The molecule has 59 heavy (non-hydrogen) atoms. The summed E-state index contributed by atoms with van der Waals surface area (Å²) in [5, 5.41) is 21.5. The zero-order valence-corrected chi connectivity index (χ0v) is 33.4. The Labute approximate surface area is 338 Å². The predicted molar refractivity (Wildman–Crippen MR) is 215 cm³/mol. The average molecular weight is 813 g/mol. The van der Waals surface area contributed by atoms with Crippen LogP contribution in [0.25, 0.3) is 21.9 Å². The topological polar surface area (TPSA) is 156 Å². The fourth-order valence-corrected chi connectivity index (χ4v) is 8.28. The van der Waals surface area contributed by atoms with Gasteiger partial charge in [0.25, 0.3) is 5.91 Å². The maximum absolute atomic E-state index is 13.2. The van der Waals surface area contributed by atoms with E-state index in [2.05, 4.69) is 39.4 Å². The molecule has 7 rings (SSSR count).